The Labute approximate surface area is 181 Å². The summed E-state index contributed by atoms with van der Waals surface area (Å²) in [6.45, 7) is 8.08. The van der Waals surface area contributed by atoms with Crippen molar-refractivity contribution in [3.05, 3.63) is 36.0 Å². The zero-order valence-electron chi connectivity index (χ0n) is 18.0. The molecule has 8 nitrogen and oxygen atoms in total. The van der Waals surface area contributed by atoms with Crippen LogP contribution < -0.4 is 14.5 Å². The van der Waals surface area contributed by atoms with Gasteiger partial charge in [0.05, 0.1) is 44.6 Å². The zero-order valence-corrected chi connectivity index (χ0v) is 18.0. The average molecular weight is 422 g/mol. The highest BCUT2D eigenvalue weighted by molar-refractivity contribution is 6.02. The Morgan fingerprint density at radius 1 is 0.839 bits per heavy atom. The summed E-state index contributed by atoms with van der Waals surface area (Å²) in [5, 5.41) is 11.5. The predicted octanol–water partition coefficient (Wildman–Crippen LogP) is 2.68. The molecule has 2 aliphatic rings. The quantitative estimate of drug-likeness (QED) is 0.637. The Bertz CT molecular complexity index is 1060. The lowest BCUT2D eigenvalue weighted by molar-refractivity contribution is 0.122. The van der Waals surface area contributed by atoms with Crippen molar-refractivity contribution in [2.45, 2.75) is 6.92 Å². The number of aromatic nitrogens is 3. The van der Waals surface area contributed by atoms with Gasteiger partial charge in [-0.25, -0.2) is 0 Å². The highest BCUT2D eigenvalue weighted by Crippen LogP contribution is 2.35. The minimum absolute atomic E-state index is 0.698. The molecule has 3 aromatic rings. The minimum Gasteiger partial charge on any atom is -0.497 e. The molecule has 8 heteroatoms. The molecular formula is C23H27N5O3. The Kier molecular flexibility index (Phi) is 5.57. The van der Waals surface area contributed by atoms with E-state index in [1.807, 2.05) is 24.3 Å². The number of ether oxygens (including phenoxy) is 3. The second-order valence-corrected chi connectivity index (χ2v) is 7.79. The molecule has 31 heavy (non-hydrogen) atoms. The van der Waals surface area contributed by atoms with Gasteiger partial charge in [0.15, 0.2) is 11.6 Å². The SMILES string of the molecule is COc1ccc(-c2cc3c(N4CCOCC4)nnc(N4CCOCC4)c3c(C)n2)cc1. The zero-order chi connectivity index (χ0) is 21.2. The maximum absolute atomic E-state index is 5.55. The van der Waals surface area contributed by atoms with Crippen LogP contribution in [0.1, 0.15) is 5.69 Å². The maximum atomic E-state index is 5.55. The van der Waals surface area contributed by atoms with E-state index in [1.54, 1.807) is 7.11 Å². The van der Waals surface area contributed by atoms with Crippen molar-refractivity contribution < 1.29 is 14.2 Å². The Morgan fingerprint density at radius 2 is 1.42 bits per heavy atom. The molecule has 162 valence electrons. The van der Waals surface area contributed by atoms with E-state index in [1.165, 1.54) is 0 Å². The first-order valence-corrected chi connectivity index (χ1v) is 10.7. The summed E-state index contributed by atoms with van der Waals surface area (Å²) >= 11 is 0. The Morgan fingerprint density at radius 3 is 2.03 bits per heavy atom. The summed E-state index contributed by atoms with van der Waals surface area (Å²) in [4.78, 5) is 9.48. The Balaban J connectivity index is 1.67. The lowest BCUT2D eigenvalue weighted by Crippen LogP contribution is -2.38. The summed E-state index contributed by atoms with van der Waals surface area (Å²) in [5.41, 5.74) is 2.92. The Hall–Kier alpha value is -2.97. The van der Waals surface area contributed by atoms with Crippen LogP contribution in [0, 0.1) is 6.92 Å². The fourth-order valence-corrected chi connectivity index (χ4v) is 4.24. The number of rotatable bonds is 4. The third-order valence-electron chi connectivity index (χ3n) is 5.91. The van der Waals surface area contributed by atoms with Gasteiger partial charge in [-0.05, 0) is 37.3 Å². The van der Waals surface area contributed by atoms with Gasteiger partial charge in [-0.1, -0.05) is 0 Å². The van der Waals surface area contributed by atoms with Crippen LogP contribution in [0.4, 0.5) is 11.6 Å². The van der Waals surface area contributed by atoms with E-state index < -0.39 is 0 Å². The number of pyridine rings is 1. The summed E-state index contributed by atoms with van der Waals surface area (Å²) in [7, 11) is 1.67. The molecule has 2 saturated heterocycles. The van der Waals surface area contributed by atoms with E-state index in [0.717, 1.165) is 71.3 Å². The number of nitrogens with zero attached hydrogens (tertiary/aromatic N) is 5. The molecule has 2 aliphatic heterocycles. The van der Waals surface area contributed by atoms with Crippen LogP contribution in [-0.4, -0.2) is 74.9 Å². The van der Waals surface area contributed by atoms with Gasteiger partial charge in [-0.3, -0.25) is 4.98 Å². The summed E-state index contributed by atoms with van der Waals surface area (Å²) in [6, 6.07) is 10.1. The van der Waals surface area contributed by atoms with E-state index in [9.17, 15) is 0 Å². The standard InChI is InChI=1S/C23H27N5O3/c1-16-21-19(15-20(24-16)17-3-5-18(29-2)6-4-17)22(27-7-11-30-12-8-27)25-26-23(21)28-9-13-31-14-10-28/h3-6,15H,7-14H2,1-2H3. The van der Waals surface area contributed by atoms with Crippen molar-refractivity contribution in [1.82, 2.24) is 15.2 Å². The molecular weight excluding hydrogens is 394 g/mol. The van der Waals surface area contributed by atoms with E-state index in [2.05, 4.69) is 27.9 Å². The first-order valence-electron chi connectivity index (χ1n) is 10.7. The number of anilines is 2. The third-order valence-corrected chi connectivity index (χ3v) is 5.91. The van der Waals surface area contributed by atoms with Gasteiger partial charge in [0.1, 0.15) is 5.75 Å². The van der Waals surface area contributed by atoms with Crippen LogP contribution in [0.5, 0.6) is 5.75 Å². The monoisotopic (exact) mass is 421 g/mol. The highest BCUT2D eigenvalue weighted by atomic mass is 16.5. The normalized spacial score (nSPS) is 17.2. The van der Waals surface area contributed by atoms with Crippen LogP contribution >= 0.6 is 0 Å². The molecule has 5 rings (SSSR count). The maximum Gasteiger partial charge on any atom is 0.161 e. The second kappa shape index (κ2) is 8.64. The number of hydrogen-bond donors (Lipinski definition) is 0. The molecule has 0 spiro atoms. The van der Waals surface area contributed by atoms with Gasteiger partial charge in [0.2, 0.25) is 0 Å². The van der Waals surface area contributed by atoms with Crippen molar-refractivity contribution in [2.24, 2.45) is 0 Å². The molecule has 0 bridgehead atoms. The predicted molar refractivity (Wildman–Crippen MR) is 120 cm³/mol. The second-order valence-electron chi connectivity index (χ2n) is 7.79. The lowest BCUT2D eigenvalue weighted by Gasteiger charge is -2.31. The molecule has 0 aliphatic carbocycles. The summed E-state index contributed by atoms with van der Waals surface area (Å²) in [5.74, 6) is 2.62. The molecule has 0 saturated carbocycles. The van der Waals surface area contributed by atoms with Crippen molar-refractivity contribution in [2.75, 3.05) is 69.5 Å². The van der Waals surface area contributed by atoms with E-state index in [-0.39, 0.29) is 0 Å². The highest BCUT2D eigenvalue weighted by Gasteiger charge is 2.24. The summed E-state index contributed by atoms with van der Waals surface area (Å²) in [6.07, 6.45) is 0. The van der Waals surface area contributed by atoms with Crippen LogP contribution in [-0.2, 0) is 9.47 Å². The lowest BCUT2D eigenvalue weighted by atomic mass is 10.0. The van der Waals surface area contributed by atoms with Gasteiger partial charge < -0.3 is 24.0 Å². The van der Waals surface area contributed by atoms with Gasteiger partial charge in [-0.15, -0.1) is 10.2 Å². The van der Waals surface area contributed by atoms with Crippen molar-refractivity contribution in [3.8, 4) is 17.0 Å². The molecule has 0 atom stereocenters. The largest absolute Gasteiger partial charge is 0.497 e. The molecule has 2 fully saturated rings. The smallest absolute Gasteiger partial charge is 0.161 e. The van der Waals surface area contributed by atoms with E-state index in [4.69, 9.17) is 24.3 Å². The van der Waals surface area contributed by atoms with Gasteiger partial charge >= 0.3 is 0 Å². The molecule has 0 amide bonds. The average Bonchev–Trinajstić information content (AvgIpc) is 2.84. The topological polar surface area (TPSA) is 72.8 Å². The van der Waals surface area contributed by atoms with Crippen LogP contribution in [0.25, 0.3) is 22.0 Å². The van der Waals surface area contributed by atoms with Crippen LogP contribution in [0.3, 0.4) is 0 Å². The first kappa shape index (κ1) is 20.0. The third kappa shape index (κ3) is 3.88. The fraction of sp³-hybridized carbons (Fsp3) is 0.435. The summed E-state index contributed by atoms with van der Waals surface area (Å²) < 4.78 is 16.4. The van der Waals surface area contributed by atoms with E-state index in [0.29, 0.717) is 26.4 Å². The molecule has 0 radical (unpaired) electrons. The van der Waals surface area contributed by atoms with Gasteiger partial charge in [0.25, 0.3) is 0 Å². The molecule has 0 unspecified atom stereocenters. The van der Waals surface area contributed by atoms with Crippen LogP contribution in [0.2, 0.25) is 0 Å². The number of fused-ring (bicyclic) bond motifs is 1. The van der Waals surface area contributed by atoms with Crippen molar-refractivity contribution >= 4 is 22.4 Å². The molecule has 1 aromatic carbocycles. The first-order chi connectivity index (χ1) is 15.2. The fourth-order valence-electron chi connectivity index (χ4n) is 4.24. The van der Waals surface area contributed by atoms with Crippen molar-refractivity contribution in [3.63, 3.8) is 0 Å². The van der Waals surface area contributed by atoms with Crippen LogP contribution in [0.15, 0.2) is 30.3 Å². The number of morpholine rings is 2. The van der Waals surface area contributed by atoms with Gasteiger partial charge in [-0.2, -0.15) is 0 Å². The van der Waals surface area contributed by atoms with E-state index >= 15 is 0 Å². The minimum atomic E-state index is 0.698. The number of methoxy groups -OCH3 is 1. The van der Waals surface area contributed by atoms with Gasteiger partial charge in [0, 0.05) is 42.8 Å². The number of benzene rings is 1. The number of aryl methyl sites for hydroxylation is 1. The van der Waals surface area contributed by atoms with Crippen molar-refractivity contribution in [1.29, 1.82) is 0 Å². The molecule has 4 heterocycles. The molecule has 2 aromatic heterocycles. The molecule has 0 N–H and O–H groups in total. The number of hydrogen-bond acceptors (Lipinski definition) is 8.